The number of benzene rings is 1. The van der Waals surface area contributed by atoms with Gasteiger partial charge in [0.1, 0.15) is 11.5 Å². The molecule has 1 aliphatic rings. The number of methoxy groups -OCH3 is 2. The lowest BCUT2D eigenvalue weighted by Gasteiger charge is -2.20. The van der Waals surface area contributed by atoms with Gasteiger partial charge in [-0.1, -0.05) is 0 Å². The monoisotopic (exact) mass is 278 g/mol. The van der Waals surface area contributed by atoms with Crippen LogP contribution in [0.25, 0.3) is 0 Å². The topological polar surface area (TPSA) is 59.6 Å². The van der Waals surface area contributed by atoms with Gasteiger partial charge in [-0.3, -0.25) is 4.79 Å². The molecule has 1 fully saturated rings. The molecule has 5 nitrogen and oxygen atoms in total. The molecule has 1 aliphatic heterocycles. The average molecular weight is 278 g/mol. The molecule has 110 valence electrons. The van der Waals surface area contributed by atoms with E-state index in [1.54, 1.807) is 14.2 Å². The number of nitrogens with one attached hydrogen (secondary N) is 2. The minimum Gasteiger partial charge on any atom is -0.497 e. The fraction of sp³-hybridized carbons (Fsp3) is 0.533. The van der Waals surface area contributed by atoms with E-state index < -0.39 is 0 Å². The van der Waals surface area contributed by atoms with Crippen LogP contribution in [0.3, 0.4) is 0 Å². The fourth-order valence-corrected chi connectivity index (χ4v) is 2.44. The van der Waals surface area contributed by atoms with Gasteiger partial charge in [0.05, 0.1) is 14.2 Å². The van der Waals surface area contributed by atoms with Gasteiger partial charge in [0.15, 0.2) is 0 Å². The molecule has 5 heteroatoms. The van der Waals surface area contributed by atoms with Crippen LogP contribution in [0.1, 0.15) is 31.4 Å². The SMILES string of the molecule is COc1ccc(OC)c(C(C)NCC2CCC(=O)N2)c1. The van der Waals surface area contributed by atoms with Crippen LogP contribution in [0.2, 0.25) is 0 Å². The van der Waals surface area contributed by atoms with E-state index in [2.05, 4.69) is 17.6 Å². The van der Waals surface area contributed by atoms with Gasteiger partial charge in [0, 0.05) is 30.6 Å². The van der Waals surface area contributed by atoms with Crippen molar-refractivity contribution in [2.75, 3.05) is 20.8 Å². The third-order valence-corrected chi connectivity index (χ3v) is 3.66. The van der Waals surface area contributed by atoms with Crippen LogP contribution in [-0.2, 0) is 4.79 Å². The number of rotatable bonds is 6. The molecular formula is C15H22N2O3. The average Bonchev–Trinajstić information content (AvgIpc) is 2.89. The Bertz CT molecular complexity index is 476. The highest BCUT2D eigenvalue weighted by Gasteiger charge is 2.21. The summed E-state index contributed by atoms with van der Waals surface area (Å²) in [6.45, 7) is 2.83. The Morgan fingerprint density at radius 2 is 2.20 bits per heavy atom. The lowest BCUT2D eigenvalue weighted by molar-refractivity contribution is -0.119. The van der Waals surface area contributed by atoms with Crippen LogP contribution in [0.4, 0.5) is 0 Å². The molecule has 1 saturated heterocycles. The molecule has 1 heterocycles. The number of carbonyl (C=O) groups excluding carboxylic acids is 1. The molecule has 2 atom stereocenters. The molecule has 20 heavy (non-hydrogen) atoms. The summed E-state index contributed by atoms with van der Waals surface area (Å²) in [5, 5.41) is 6.39. The number of carbonyl (C=O) groups is 1. The predicted molar refractivity (Wildman–Crippen MR) is 77.1 cm³/mol. The van der Waals surface area contributed by atoms with E-state index in [1.165, 1.54) is 0 Å². The zero-order chi connectivity index (χ0) is 14.5. The molecule has 2 N–H and O–H groups in total. The Labute approximate surface area is 119 Å². The van der Waals surface area contributed by atoms with Gasteiger partial charge < -0.3 is 20.1 Å². The van der Waals surface area contributed by atoms with Crippen molar-refractivity contribution in [1.29, 1.82) is 0 Å². The number of ether oxygens (including phenoxy) is 2. The second-order valence-corrected chi connectivity index (χ2v) is 5.04. The second-order valence-electron chi connectivity index (χ2n) is 5.04. The molecular weight excluding hydrogens is 256 g/mol. The van der Waals surface area contributed by atoms with Gasteiger partial charge in [0.25, 0.3) is 0 Å². The lowest BCUT2D eigenvalue weighted by atomic mass is 10.1. The van der Waals surface area contributed by atoms with Gasteiger partial charge in [-0.25, -0.2) is 0 Å². The van der Waals surface area contributed by atoms with Crippen LogP contribution in [0.5, 0.6) is 11.5 Å². The molecule has 0 radical (unpaired) electrons. The van der Waals surface area contributed by atoms with Crippen molar-refractivity contribution in [2.45, 2.75) is 31.8 Å². The maximum Gasteiger partial charge on any atom is 0.220 e. The highest BCUT2D eigenvalue weighted by atomic mass is 16.5. The maximum absolute atomic E-state index is 11.2. The number of hydrogen-bond donors (Lipinski definition) is 2. The first-order valence-electron chi connectivity index (χ1n) is 6.88. The summed E-state index contributed by atoms with van der Waals surface area (Å²) < 4.78 is 10.6. The quantitative estimate of drug-likeness (QED) is 0.830. The highest BCUT2D eigenvalue weighted by Crippen LogP contribution is 2.29. The largest absolute Gasteiger partial charge is 0.497 e. The van der Waals surface area contributed by atoms with Crippen molar-refractivity contribution in [3.05, 3.63) is 23.8 Å². The van der Waals surface area contributed by atoms with E-state index >= 15 is 0 Å². The number of hydrogen-bond acceptors (Lipinski definition) is 4. The van der Waals surface area contributed by atoms with Gasteiger partial charge in [-0.05, 0) is 31.5 Å². The van der Waals surface area contributed by atoms with Crippen molar-refractivity contribution in [1.82, 2.24) is 10.6 Å². The molecule has 1 aromatic carbocycles. The summed E-state index contributed by atoms with van der Waals surface area (Å²) in [6, 6.07) is 6.11. The Morgan fingerprint density at radius 1 is 1.40 bits per heavy atom. The van der Waals surface area contributed by atoms with Crippen molar-refractivity contribution >= 4 is 5.91 Å². The Kier molecular flexibility index (Phi) is 4.84. The number of amides is 1. The van der Waals surface area contributed by atoms with Crippen LogP contribution in [-0.4, -0.2) is 32.7 Å². The molecule has 0 spiro atoms. The minimum atomic E-state index is 0.123. The second kappa shape index (κ2) is 6.61. The maximum atomic E-state index is 11.2. The van der Waals surface area contributed by atoms with E-state index in [0.717, 1.165) is 30.0 Å². The van der Waals surface area contributed by atoms with Crippen LogP contribution in [0.15, 0.2) is 18.2 Å². The van der Waals surface area contributed by atoms with Crippen LogP contribution in [0, 0.1) is 0 Å². The summed E-state index contributed by atoms with van der Waals surface area (Å²) in [5.41, 5.74) is 1.05. The van der Waals surface area contributed by atoms with E-state index in [9.17, 15) is 4.79 Å². The smallest absolute Gasteiger partial charge is 0.220 e. The van der Waals surface area contributed by atoms with Crippen LogP contribution >= 0.6 is 0 Å². The van der Waals surface area contributed by atoms with E-state index in [1.807, 2.05) is 18.2 Å². The summed E-state index contributed by atoms with van der Waals surface area (Å²) in [4.78, 5) is 11.2. The summed E-state index contributed by atoms with van der Waals surface area (Å²) >= 11 is 0. The first kappa shape index (κ1) is 14.7. The molecule has 0 aliphatic carbocycles. The zero-order valence-electron chi connectivity index (χ0n) is 12.2. The Balaban J connectivity index is 2.00. The van der Waals surface area contributed by atoms with Gasteiger partial charge >= 0.3 is 0 Å². The highest BCUT2D eigenvalue weighted by molar-refractivity contribution is 5.78. The molecule has 1 amide bonds. The molecule has 0 aromatic heterocycles. The van der Waals surface area contributed by atoms with Crippen molar-refractivity contribution in [2.24, 2.45) is 0 Å². The molecule has 0 bridgehead atoms. The van der Waals surface area contributed by atoms with Crippen molar-refractivity contribution in [3.63, 3.8) is 0 Å². The summed E-state index contributed by atoms with van der Waals surface area (Å²) in [6.07, 6.45) is 1.52. The van der Waals surface area contributed by atoms with Crippen LogP contribution < -0.4 is 20.1 Å². The Hall–Kier alpha value is -1.75. The van der Waals surface area contributed by atoms with Gasteiger partial charge in [-0.2, -0.15) is 0 Å². The standard InChI is InChI=1S/C15H22N2O3/c1-10(16-9-11-4-7-15(18)17-11)13-8-12(19-2)5-6-14(13)20-3/h5-6,8,10-11,16H,4,7,9H2,1-3H3,(H,17,18). The molecule has 1 aromatic rings. The van der Waals surface area contributed by atoms with Gasteiger partial charge in [-0.15, -0.1) is 0 Å². The minimum absolute atomic E-state index is 0.123. The first-order valence-corrected chi connectivity index (χ1v) is 6.88. The molecule has 2 unspecified atom stereocenters. The third kappa shape index (κ3) is 3.42. The zero-order valence-corrected chi connectivity index (χ0v) is 12.2. The summed E-state index contributed by atoms with van der Waals surface area (Å²) in [5.74, 6) is 1.79. The van der Waals surface area contributed by atoms with Gasteiger partial charge in [0.2, 0.25) is 5.91 Å². The van der Waals surface area contributed by atoms with Crippen molar-refractivity contribution < 1.29 is 14.3 Å². The van der Waals surface area contributed by atoms with E-state index in [4.69, 9.17) is 9.47 Å². The first-order chi connectivity index (χ1) is 9.63. The summed E-state index contributed by atoms with van der Waals surface area (Å²) in [7, 11) is 3.31. The molecule has 2 rings (SSSR count). The Morgan fingerprint density at radius 3 is 2.80 bits per heavy atom. The normalized spacial score (nSPS) is 19.6. The van der Waals surface area contributed by atoms with E-state index in [0.29, 0.717) is 6.42 Å². The lowest BCUT2D eigenvalue weighted by Crippen LogP contribution is -2.36. The predicted octanol–water partition coefficient (Wildman–Crippen LogP) is 1.63. The van der Waals surface area contributed by atoms with E-state index in [-0.39, 0.29) is 18.0 Å². The fourth-order valence-electron chi connectivity index (χ4n) is 2.44. The van der Waals surface area contributed by atoms with Crippen molar-refractivity contribution in [3.8, 4) is 11.5 Å². The molecule has 0 saturated carbocycles. The third-order valence-electron chi connectivity index (χ3n) is 3.66.